The van der Waals surface area contributed by atoms with Crippen LogP contribution in [0.15, 0.2) is 34.4 Å². The zero-order valence-corrected chi connectivity index (χ0v) is 18.2. The standard InChI is InChI=1S/C21H26ClN3O3S/c1-3-4-16(26)11-25(9-10-28-2)12-18-23-20(27)19-17(13-29-21(19)24-18)14-5-7-15(22)8-6-14/h5-8,13,16,26H,3-4,9-12H2,1-2H3,(H,23,24,27)/t16-/m1/s1. The Morgan fingerprint density at radius 2 is 2.10 bits per heavy atom. The van der Waals surface area contributed by atoms with Gasteiger partial charge in [0.15, 0.2) is 0 Å². The van der Waals surface area contributed by atoms with Crippen LogP contribution in [-0.2, 0) is 11.3 Å². The van der Waals surface area contributed by atoms with E-state index in [1.165, 1.54) is 11.3 Å². The van der Waals surface area contributed by atoms with Crippen molar-refractivity contribution in [2.24, 2.45) is 0 Å². The number of aromatic amines is 1. The Morgan fingerprint density at radius 3 is 2.79 bits per heavy atom. The molecular formula is C21H26ClN3O3S. The van der Waals surface area contributed by atoms with E-state index in [-0.39, 0.29) is 5.56 Å². The van der Waals surface area contributed by atoms with Crippen molar-refractivity contribution in [2.45, 2.75) is 32.4 Å². The molecule has 2 heterocycles. The molecule has 2 aromatic heterocycles. The van der Waals surface area contributed by atoms with E-state index in [4.69, 9.17) is 16.3 Å². The summed E-state index contributed by atoms with van der Waals surface area (Å²) < 4.78 is 5.18. The van der Waals surface area contributed by atoms with Crippen molar-refractivity contribution < 1.29 is 9.84 Å². The lowest BCUT2D eigenvalue weighted by molar-refractivity contribution is 0.0787. The molecule has 1 aromatic carbocycles. The van der Waals surface area contributed by atoms with Crippen LogP contribution in [0, 0.1) is 0 Å². The van der Waals surface area contributed by atoms with Crippen LogP contribution in [-0.4, -0.2) is 52.9 Å². The van der Waals surface area contributed by atoms with Crippen LogP contribution in [0.5, 0.6) is 0 Å². The summed E-state index contributed by atoms with van der Waals surface area (Å²) in [5.74, 6) is 0.590. The van der Waals surface area contributed by atoms with Gasteiger partial charge in [0.1, 0.15) is 10.7 Å². The molecule has 3 aromatic rings. The van der Waals surface area contributed by atoms with E-state index in [1.54, 1.807) is 7.11 Å². The van der Waals surface area contributed by atoms with Crippen molar-refractivity contribution in [3.8, 4) is 11.1 Å². The number of aliphatic hydroxyl groups excluding tert-OH is 1. The van der Waals surface area contributed by atoms with Crippen molar-refractivity contribution in [3.63, 3.8) is 0 Å². The second-order valence-electron chi connectivity index (χ2n) is 7.02. The van der Waals surface area contributed by atoms with Crippen LogP contribution < -0.4 is 5.56 Å². The third kappa shape index (κ3) is 5.65. The van der Waals surface area contributed by atoms with E-state index >= 15 is 0 Å². The molecule has 0 bridgehead atoms. The number of aliphatic hydroxyl groups is 1. The smallest absolute Gasteiger partial charge is 0.260 e. The number of fused-ring (bicyclic) bond motifs is 1. The summed E-state index contributed by atoms with van der Waals surface area (Å²) in [6.07, 6.45) is 1.25. The van der Waals surface area contributed by atoms with Gasteiger partial charge in [-0.05, 0) is 24.1 Å². The van der Waals surface area contributed by atoms with E-state index in [9.17, 15) is 9.90 Å². The molecule has 0 aliphatic rings. The molecule has 3 rings (SSSR count). The molecular weight excluding hydrogens is 410 g/mol. The number of thiophene rings is 1. The molecule has 0 fully saturated rings. The predicted molar refractivity (Wildman–Crippen MR) is 119 cm³/mol. The maximum absolute atomic E-state index is 12.8. The molecule has 6 nitrogen and oxygen atoms in total. The number of methoxy groups -OCH3 is 1. The number of hydrogen-bond acceptors (Lipinski definition) is 6. The van der Waals surface area contributed by atoms with Crippen LogP contribution in [0.4, 0.5) is 0 Å². The molecule has 156 valence electrons. The number of nitrogens with zero attached hydrogens (tertiary/aromatic N) is 2. The molecule has 0 saturated heterocycles. The highest BCUT2D eigenvalue weighted by molar-refractivity contribution is 7.17. The van der Waals surface area contributed by atoms with Gasteiger partial charge in [-0.15, -0.1) is 11.3 Å². The van der Waals surface area contributed by atoms with Crippen molar-refractivity contribution in [2.75, 3.05) is 26.8 Å². The number of aromatic nitrogens is 2. The number of H-pyrrole nitrogens is 1. The molecule has 1 atom stereocenters. The number of benzene rings is 1. The Labute approximate surface area is 179 Å². The molecule has 0 saturated carbocycles. The van der Waals surface area contributed by atoms with Gasteiger partial charge in [0.25, 0.3) is 5.56 Å². The summed E-state index contributed by atoms with van der Waals surface area (Å²) in [6, 6.07) is 7.43. The molecule has 0 spiro atoms. The molecule has 8 heteroatoms. The summed E-state index contributed by atoms with van der Waals surface area (Å²) in [7, 11) is 1.65. The Morgan fingerprint density at radius 1 is 1.34 bits per heavy atom. The van der Waals surface area contributed by atoms with Crippen LogP contribution in [0.2, 0.25) is 5.02 Å². The Bertz CT molecular complexity index is 987. The van der Waals surface area contributed by atoms with Crippen molar-refractivity contribution in [1.29, 1.82) is 0 Å². The monoisotopic (exact) mass is 435 g/mol. The van der Waals surface area contributed by atoms with Gasteiger partial charge in [-0.1, -0.05) is 37.1 Å². The van der Waals surface area contributed by atoms with Gasteiger partial charge < -0.3 is 14.8 Å². The van der Waals surface area contributed by atoms with Crippen LogP contribution >= 0.6 is 22.9 Å². The van der Waals surface area contributed by atoms with Gasteiger partial charge in [0.2, 0.25) is 0 Å². The van der Waals surface area contributed by atoms with Gasteiger partial charge in [-0.2, -0.15) is 0 Å². The minimum Gasteiger partial charge on any atom is -0.392 e. The first-order valence-electron chi connectivity index (χ1n) is 9.67. The lowest BCUT2D eigenvalue weighted by atomic mass is 10.1. The Hall–Kier alpha value is -1.77. The first-order chi connectivity index (χ1) is 14.0. The molecule has 0 amide bonds. The van der Waals surface area contributed by atoms with Gasteiger partial charge in [-0.3, -0.25) is 9.69 Å². The summed E-state index contributed by atoms with van der Waals surface area (Å²) in [5.41, 5.74) is 1.64. The number of rotatable bonds is 10. The fourth-order valence-electron chi connectivity index (χ4n) is 3.30. The van der Waals surface area contributed by atoms with Crippen LogP contribution in [0.3, 0.4) is 0 Å². The molecule has 2 N–H and O–H groups in total. The lowest BCUT2D eigenvalue weighted by Crippen LogP contribution is -2.35. The number of ether oxygens (including phenoxy) is 1. The van der Waals surface area contributed by atoms with Crippen molar-refractivity contribution >= 4 is 33.2 Å². The fraction of sp³-hybridized carbons (Fsp3) is 0.429. The van der Waals surface area contributed by atoms with Gasteiger partial charge in [0, 0.05) is 36.2 Å². The fourth-order valence-corrected chi connectivity index (χ4v) is 4.39. The average Bonchev–Trinajstić information content (AvgIpc) is 3.11. The maximum atomic E-state index is 12.8. The summed E-state index contributed by atoms with van der Waals surface area (Å²) in [6.45, 7) is 4.21. The van der Waals surface area contributed by atoms with Crippen LogP contribution in [0.25, 0.3) is 21.3 Å². The topological polar surface area (TPSA) is 78.5 Å². The quantitative estimate of drug-likeness (QED) is 0.504. The van der Waals surface area contributed by atoms with E-state index in [1.807, 2.05) is 36.6 Å². The molecule has 0 unspecified atom stereocenters. The summed E-state index contributed by atoms with van der Waals surface area (Å²) >= 11 is 7.43. The van der Waals surface area contributed by atoms with Crippen LogP contribution in [0.1, 0.15) is 25.6 Å². The average molecular weight is 436 g/mol. The second-order valence-corrected chi connectivity index (χ2v) is 8.31. The first kappa shape index (κ1) is 21.9. The number of nitrogens with one attached hydrogen (secondary N) is 1. The van der Waals surface area contributed by atoms with E-state index in [0.717, 1.165) is 24.0 Å². The summed E-state index contributed by atoms with van der Waals surface area (Å²) in [4.78, 5) is 23.2. The van der Waals surface area contributed by atoms with Gasteiger partial charge in [-0.25, -0.2) is 4.98 Å². The highest BCUT2D eigenvalue weighted by Crippen LogP contribution is 2.31. The zero-order chi connectivity index (χ0) is 20.8. The minimum atomic E-state index is -0.412. The summed E-state index contributed by atoms with van der Waals surface area (Å²) in [5, 5.41) is 13.4. The van der Waals surface area contributed by atoms with E-state index in [0.29, 0.717) is 47.3 Å². The van der Waals surface area contributed by atoms with E-state index < -0.39 is 6.10 Å². The zero-order valence-electron chi connectivity index (χ0n) is 16.7. The van der Waals surface area contributed by atoms with Crippen molar-refractivity contribution in [1.82, 2.24) is 14.9 Å². The highest BCUT2D eigenvalue weighted by Gasteiger charge is 2.16. The normalized spacial score (nSPS) is 12.7. The maximum Gasteiger partial charge on any atom is 0.260 e. The third-order valence-electron chi connectivity index (χ3n) is 4.72. The molecule has 29 heavy (non-hydrogen) atoms. The van der Waals surface area contributed by atoms with Gasteiger partial charge >= 0.3 is 0 Å². The molecule has 0 radical (unpaired) electrons. The first-order valence-corrected chi connectivity index (χ1v) is 10.9. The third-order valence-corrected chi connectivity index (χ3v) is 5.85. The minimum absolute atomic E-state index is 0.156. The molecule has 0 aliphatic heterocycles. The van der Waals surface area contributed by atoms with E-state index in [2.05, 4.69) is 14.9 Å². The Balaban J connectivity index is 1.86. The van der Waals surface area contributed by atoms with Gasteiger partial charge in [0.05, 0.1) is 24.6 Å². The lowest BCUT2D eigenvalue weighted by Gasteiger charge is -2.24. The number of halogens is 1. The SMILES string of the molecule is CCC[C@@H](O)CN(CCOC)Cc1nc2scc(-c3ccc(Cl)cc3)c2c(=O)[nH]1. The largest absolute Gasteiger partial charge is 0.392 e. The highest BCUT2D eigenvalue weighted by atomic mass is 35.5. The molecule has 0 aliphatic carbocycles. The number of hydrogen-bond donors (Lipinski definition) is 2. The Kier molecular flexibility index (Phi) is 7.80. The second kappa shape index (κ2) is 10.3. The van der Waals surface area contributed by atoms with Crippen molar-refractivity contribution in [3.05, 3.63) is 50.8 Å². The predicted octanol–water partition coefficient (Wildman–Crippen LogP) is 3.91.